The number of hydrogen-bond acceptors (Lipinski definition) is 2. The molecular formula is C10H9ClN2. The number of hydrogen-bond donors (Lipinski definition) is 1. The fourth-order valence-corrected chi connectivity index (χ4v) is 1.20. The minimum Gasteiger partial charge on any atom is -0.321 e. The minimum atomic E-state index is -0.231. The van der Waals surface area contributed by atoms with Crippen LogP contribution in [-0.2, 0) is 0 Å². The maximum atomic E-state index is 8.62. The molecule has 1 rings (SSSR count). The molecule has 0 radical (unpaired) electrons. The van der Waals surface area contributed by atoms with E-state index in [0.29, 0.717) is 10.6 Å². The standard InChI is InChI=1S/C10H9ClN2/c1-2-10(13)7-3-4-8(6-12)9(11)5-7/h2-5,10H,1,13H2. The lowest BCUT2D eigenvalue weighted by atomic mass is 10.1. The average Bonchev–Trinajstić information content (AvgIpc) is 2.16. The topological polar surface area (TPSA) is 49.8 Å². The summed E-state index contributed by atoms with van der Waals surface area (Å²) >= 11 is 5.82. The van der Waals surface area contributed by atoms with Gasteiger partial charge in [0.2, 0.25) is 0 Å². The normalized spacial score (nSPS) is 11.8. The first-order chi connectivity index (χ1) is 6.19. The van der Waals surface area contributed by atoms with Crippen molar-refractivity contribution in [2.45, 2.75) is 6.04 Å². The van der Waals surface area contributed by atoms with Crippen LogP contribution in [0.4, 0.5) is 0 Å². The lowest BCUT2D eigenvalue weighted by molar-refractivity contribution is 0.914. The predicted octanol–water partition coefficient (Wildman–Crippen LogP) is 2.40. The third kappa shape index (κ3) is 2.09. The first-order valence-corrected chi connectivity index (χ1v) is 4.14. The minimum absolute atomic E-state index is 0.231. The Morgan fingerprint density at radius 1 is 1.62 bits per heavy atom. The van der Waals surface area contributed by atoms with Crippen molar-refractivity contribution in [2.24, 2.45) is 5.73 Å². The zero-order valence-electron chi connectivity index (χ0n) is 7.00. The Hall–Kier alpha value is -1.30. The summed E-state index contributed by atoms with van der Waals surface area (Å²) in [6.07, 6.45) is 1.62. The molecule has 2 nitrogen and oxygen atoms in total. The molecule has 0 fully saturated rings. The van der Waals surface area contributed by atoms with Crippen LogP contribution in [0.5, 0.6) is 0 Å². The molecular weight excluding hydrogens is 184 g/mol. The zero-order chi connectivity index (χ0) is 9.84. The Morgan fingerprint density at radius 3 is 2.77 bits per heavy atom. The fourth-order valence-electron chi connectivity index (χ4n) is 0.965. The first-order valence-electron chi connectivity index (χ1n) is 3.76. The largest absolute Gasteiger partial charge is 0.321 e. The molecule has 0 spiro atoms. The lowest BCUT2D eigenvalue weighted by Crippen LogP contribution is -2.06. The molecule has 3 heteroatoms. The monoisotopic (exact) mass is 192 g/mol. The molecule has 2 N–H and O–H groups in total. The van der Waals surface area contributed by atoms with E-state index in [-0.39, 0.29) is 6.04 Å². The van der Waals surface area contributed by atoms with Crippen molar-refractivity contribution >= 4 is 11.6 Å². The van der Waals surface area contributed by atoms with Gasteiger partial charge in [-0.15, -0.1) is 6.58 Å². The first kappa shape index (κ1) is 9.79. The van der Waals surface area contributed by atoms with Crippen LogP contribution in [0.15, 0.2) is 30.9 Å². The van der Waals surface area contributed by atoms with E-state index in [1.54, 1.807) is 24.3 Å². The summed E-state index contributed by atoms with van der Waals surface area (Å²) in [5.74, 6) is 0. The van der Waals surface area contributed by atoms with Crippen LogP contribution in [0.2, 0.25) is 5.02 Å². The van der Waals surface area contributed by atoms with Crippen LogP contribution in [-0.4, -0.2) is 0 Å². The lowest BCUT2D eigenvalue weighted by Gasteiger charge is -2.06. The van der Waals surface area contributed by atoms with Crippen LogP contribution in [0.1, 0.15) is 17.2 Å². The van der Waals surface area contributed by atoms with Gasteiger partial charge in [0, 0.05) is 6.04 Å². The summed E-state index contributed by atoms with van der Waals surface area (Å²) in [6.45, 7) is 3.58. The second-order valence-electron chi connectivity index (χ2n) is 2.61. The van der Waals surface area contributed by atoms with Gasteiger partial charge in [-0.25, -0.2) is 0 Å². The third-order valence-electron chi connectivity index (χ3n) is 1.75. The SMILES string of the molecule is C=CC(N)c1ccc(C#N)c(Cl)c1. The number of nitrogens with zero attached hydrogens (tertiary/aromatic N) is 1. The van der Waals surface area contributed by atoms with E-state index >= 15 is 0 Å². The van der Waals surface area contributed by atoms with Gasteiger partial charge in [0.25, 0.3) is 0 Å². The second-order valence-corrected chi connectivity index (χ2v) is 3.02. The summed E-state index contributed by atoms with van der Waals surface area (Å²) in [5, 5.41) is 9.05. The maximum Gasteiger partial charge on any atom is 0.101 e. The summed E-state index contributed by atoms with van der Waals surface area (Å²) in [7, 11) is 0. The Kier molecular flexibility index (Phi) is 3.07. The Morgan fingerprint density at radius 2 is 2.31 bits per heavy atom. The van der Waals surface area contributed by atoms with Gasteiger partial charge in [0.15, 0.2) is 0 Å². The third-order valence-corrected chi connectivity index (χ3v) is 2.07. The van der Waals surface area contributed by atoms with Crippen LogP contribution in [0, 0.1) is 11.3 Å². The van der Waals surface area contributed by atoms with Crippen LogP contribution >= 0.6 is 11.6 Å². The molecule has 0 heterocycles. The number of rotatable bonds is 2. The van der Waals surface area contributed by atoms with Crippen molar-refractivity contribution in [3.8, 4) is 6.07 Å². The molecule has 0 bridgehead atoms. The Balaban J connectivity index is 3.11. The predicted molar refractivity (Wildman–Crippen MR) is 53.3 cm³/mol. The summed E-state index contributed by atoms with van der Waals surface area (Å²) in [6, 6.07) is 6.86. The molecule has 0 saturated carbocycles. The molecule has 13 heavy (non-hydrogen) atoms. The van der Waals surface area contributed by atoms with Crippen molar-refractivity contribution in [3.05, 3.63) is 47.0 Å². The van der Waals surface area contributed by atoms with Gasteiger partial charge in [-0.05, 0) is 17.7 Å². The van der Waals surface area contributed by atoms with Gasteiger partial charge in [-0.2, -0.15) is 5.26 Å². The van der Waals surface area contributed by atoms with E-state index in [2.05, 4.69) is 6.58 Å². The van der Waals surface area contributed by atoms with E-state index in [1.165, 1.54) is 0 Å². The van der Waals surface area contributed by atoms with E-state index in [4.69, 9.17) is 22.6 Å². The van der Waals surface area contributed by atoms with Crippen molar-refractivity contribution in [1.29, 1.82) is 5.26 Å². The van der Waals surface area contributed by atoms with Crippen molar-refractivity contribution in [2.75, 3.05) is 0 Å². The highest BCUT2D eigenvalue weighted by Crippen LogP contribution is 2.20. The Labute approximate surface area is 82.2 Å². The molecule has 1 atom stereocenters. The van der Waals surface area contributed by atoms with Crippen LogP contribution in [0.3, 0.4) is 0 Å². The summed E-state index contributed by atoms with van der Waals surface area (Å²) in [4.78, 5) is 0. The summed E-state index contributed by atoms with van der Waals surface area (Å²) < 4.78 is 0. The molecule has 0 aromatic heterocycles. The van der Waals surface area contributed by atoms with E-state index < -0.39 is 0 Å². The second kappa shape index (κ2) is 4.08. The van der Waals surface area contributed by atoms with Crippen molar-refractivity contribution < 1.29 is 0 Å². The van der Waals surface area contributed by atoms with E-state index in [0.717, 1.165) is 5.56 Å². The average molecular weight is 193 g/mol. The smallest absolute Gasteiger partial charge is 0.101 e. The van der Waals surface area contributed by atoms with Gasteiger partial charge in [0.1, 0.15) is 6.07 Å². The molecule has 1 unspecified atom stereocenters. The van der Waals surface area contributed by atoms with Gasteiger partial charge < -0.3 is 5.73 Å². The van der Waals surface area contributed by atoms with Gasteiger partial charge in [-0.1, -0.05) is 23.7 Å². The molecule has 66 valence electrons. The van der Waals surface area contributed by atoms with Gasteiger partial charge in [-0.3, -0.25) is 0 Å². The molecule has 1 aromatic carbocycles. The zero-order valence-corrected chi connectivity index (χ0v) is 7.75. The van der Waals surface area contributed by atoms with E-state index in [1.807, 2.05) is 6.07 Å². The number of halogens is 1. The van der Waals surface area contributed by atoms with Crippen LogP contribution in [0.25, 0.3) is 0 Å². The Bertz CT molecular complexity index is 366. The van der Waals surface area contributed by atoms with Gasteiger partial charge in [0.05, 0.1) is 10.6 Å². The number of nitrogens with two attached hydrogens (primary N) is 1. The molecule has 0 saturated heterocycles. The van der Waals surface area contributed by atoms with Gasteiger partial charge >= 0.3 is 0 Å². The van der Waals surface area contributed by atoms with Crippen molar-refractivity contribution in [1.82, 2.24) is 0 Å². The number of nitriles is 1. The van der Waals surface area contributed by atoms with E-state index in [9.17, 15) is 0 Å². The fraction of sp³-hybridized carbons (Fsp3) is 0.100. The molecule has 0 aliphatic carbocycles. The highest BCUT2D eigenvalue weighted by molar-refractivity contribution is 6.31. The molecule has 1 aromatic rings. The molecule has 0 aliphatic rings. The quantitative estimate of drug-likeness (QED) is 0.732. The highest BCUT2D eigenvalue weighted by atomic mass is 35.5. The number of benzene rings is 1. The molecule has 0 aliphatic heterocycles. The van der Waals surface area contributed by atoms with Crippen LogP contribution < -0.4 is 5.73 Å². The summed E-state index contributed by atoms with van der Waals surface area (Å²) in [5.41, 5.74) is 7.02. The maximum absolute atomic E-state index is 8.62. The molecule has 0 amide bonds. The van der Waals surface area contributed by atoms with Crippen molar-refractivity contribution in [3.63, 3.8) is 0 Å². The highest BCUT2D eigenvalue weighted by Gasteiger charge is 2.04.